The monoisotopic (exact) mass is 410 g/mol. The molecular weight excluding hydrogens is 368 g/mol. The topological polar surface area (TPSA) is 21.8 Å². The summed E-state index contributed by atoms with van der Waals surface area (Å²) in [5.41, 5.74) is 4.94. The van der Waals surface area contributed by atoms with E-state index in [2.05, 4.69) is 53.7 Å². The third kappa shape index (κ3) is 3.83. The largest absolute Gasteiger partial charge is 0.490 e. The van der Waals surface area contributed by atoms with Crippen LogP contribution in [0, 0.1) is 36.0 Å². The lowest BCUT2D eigenvalue weighted by atomic mass is 9.68. The van der Waals surface area contributed by atoms with E-state index >= 15 is 0 Å². The third-order valence-corrected chi connectivity index (χ3v) is 8.71. The third-order valence-electron chi connectivity index (χ3n) is 8.71. The van der Waals surface area contributed by atoms with Crippen LogP contribution in [0.5, 0.6) is 5.75 Å². The predicted octanol–water partition coefficient (Wildman–Crippen LogP) is 7.03. The Morgan fingerprint density at radius 3 is 2.43 bits per heavy atom. The van der Waals surface area contributed by atoms with Crippen molar-refractivity contribution < 1.29 is 9.47 Å². The van der Waals surface area contributed by atoms with Crippen molar-refractivity contribution in [3.8, 4) is 5.75 Å². The number of epoxide rings is 1. The molecule has 2 nitrogen and oxygen atoms in total. The normalized spacial score (nSPS) is 35.0. The van der Waals surface area contributed by atoms with Crippen LogP contribution in [0.3, 0.4) is 0 Å². The van der Waals surface area contributed by atoms with Gasteiger partial charge in [0.2, 0.25) is 0 Å². The molecule has 1 aliphatic heterocycles. The van der Waals surface area contributed by atoms with Crippen LogP contribution >= 0.6 is 0 Å². The molecular formula is C28H42O2. The molecule has 1 saturated heterocycles. The summed E-state index contributed by atoms with van der Waals surface area (Å²) in [5, 5.41) is 0. The first-order chi connectivity index (χ1) is 14.1. The number of hydrogen-bond donors (Lipinski definition) is 0. The molecule has 2 bridgehead atoms. The quantitative estimate of drug-likeness (QED) is 0.470. The van der Waals surface area contributed by atoms with Crippen molar-refractivity contribution in [1.29, 1.82) is 0 Å². The molecule has 0 radical (unpaired) electrons. The highest BCUT2D eigenvalue weighted by Crippen LogP contribution is 2.64. The zero-order valence-corrected chi connectivity index (χ0v) is 20.1. The Morgan fingerprint density at radius 2 is 1.73 bits per heavy atom. The van der Waals surface area contributed by atoms with Crippen LogP contribution in [-0.2, 0) is 10.2 Å². The molecule has 2 heteroatoms. The molecule has 6 atom stereocenters. The number of ether oxygens (including phenoxy) is 2. The summed E-state index contributed by atoms with van der Waals surface area (Å²) in [4.78, 5) is 0. The Balaban J connectivity index is 1.50. The molecule has 30 heavy (non-hydrogen) atoms. The second-order valence-corrected chi connectivity index (χ2v) is 12.9. The van der Waals surface area contributed by atoms with E-state index in [1.807, 2.05) is 0 Å². The number of hydrogen-bond acceptors (Lipinski definition) is 2. The average Bonchev–Trinajstić information content (AvgIpc) is 3.03. The number of aryl methyl sites for hydroxylation is 1. The van der Waals surface area contributed by atoms with Gasteiger partial charge in [-0.2, -0.15) is 0 Å². The van der Waals surface area contributed by atoms with Gasteiger partial charge < -0.3 is 9.47 Å². The molecule has 1 aromatic rings. The van der Waals surface area contributed by atoms with Crippen LogP contribution < -0.4 is 4.74 Å². The molecule has 1 aromatic carbocycles. The van der Waals surface area contributed by atoms with Crippen molar-refractivity contribution in [3.63, 3.8) is 0 Å². The lowest BCUT2D eigenvalue weighted by Crippen LogP contribution is -2.27. The van der Waals surface area contributed by atoms with Gasteiger partial charge >= 0.3 is 0 Å². The summed E-state index contributed by atoms with van der Waals surface area (Å²) in [5.74, 6) is 5.75. The summed E-state index contributed by atoms with van der Waals surface area (Å²) in [6.45, 7) is 15.9. The van der Waals surface area contributed by atoms with E-state index in [1.54, 1.807) is 0 Å². The van der Waals surface area contributed by atoms with E-state index in [4.69, 9.17) is 9.47 Å². The Bertz CT molecular complexity index is 798. The van der Waals surface area contributed by atoms with Crippen LogP contribution in [-0.4, -0.2) is 19.3 Å². The van der Waals surface area contributed by atoms with Gasteiger partial charge in [0, 0.05) is 0 Å². The molecule has 0 aromatic heterocycles. The molecule has 4 aliphatic rings. The molecule has 166 valence electrons. The Labute approximate surface area is 184 Å². The van der Waals surface area contributed by atoms with E-state index in [0.29, 0.717) is 24.0 Å². The highest BCUT2D eigenvalue weighted by molar-refractivity contribution is 5.48. The van der Waals surface area contributed by atoms with Gasteiger partial charge in [0.1, 0.15) is 18.5 Å². The molecule has 3 aliphatic carbocycles. The maximum atomic E-state index is 6.42. The van der Waals surface area contributed by atoms with Gasteiger partial charge in [0.25, 0.3) is 0 Å². The maximum Gasteiger partial charge on any atom is 0.123 e. The number of fused-ring (bicyclic) bond motifs is 5. The first-order valence-electron chi connectivity index (χ1n) is 12.5. The molecule has 0 N–H and O–H groups in total. The van der Waals surface area contributed by atoms with Crippen molar-refractivity contribution in [3.05, 3.63) is 28.8 Å². The van der Waals surface area contributed by atoms with E-state index in [1.165, 1.54) is 55.2 Å². The molecule has 3 saturated carbocycles. The van der Waals surface area contributed by atoms with Crippen molar-refractivity contribution in [2.24, 2.45) is 29.1 Å². The standard InChI is InChI=1S/C28H42O2/c1-17-10-26(30-15-19-14-29-19)24(13-25(17)28(5,6)16-27(2,3)4)23-12-18-11-22(23)21-9-7-8-20(18)21/h10,13,18-23H,7-9,11-12,14-16H2,1-6H3. The lowest BCUT2D eigenvalue weighted by Gasteiger charge is -2.37. The molecule has 0 spiro atoms. The first kappa shape index (κ1) is 20.9. The van der Waals surface area contributed by atoms with Crippen LogP contribution in [0.4, 0.5) is 0 Å². The fourth-order valence-electron chi connectivity index (χ4n) is 8.04. The van der Waals surface area contributed by atoms with Crippen molar-refractivity contribution >= 4 is 0 Å². The van der Waals surface area contributed by atoms with Crippen molar-refractivity contribution in [2.75, 3.05) is 13.2 Å². The summed E-state index contributed by atoms with van der Waals surface area (Å²) in [7, 11) is 0. The van der Waals surface area contributed by atoms with Crippen LogP contribution in [0.1, 0.15) is 95.8 Å². The van der Waals surface area contributed by atoms with Crippen LogP contribution in [0.25, 0.3) is 0 Å². The second kappa shape index (κ2) is 7.26. The minimum atomic E-state index is 0.169. The zero-order chi connectivity index (χ0) is 21.3. The van der Waals surface area contributed by atoms with Gasteiger partial charge in [-0.15, -0.1) is 0 Å². The number of benzene rings is 1. The Kier molecular flexibility index (Phi) is 5.05. The lowest BCUT2D eigenvalue weighted by molar-refractivity contribution is 0.222. The summed E-state index contributed by atoms with van der Waals surface area (Å²) >= 11 is 0. The van der Waals surface area contributed by atoms with Gasteiger partial charge in [-0.1, -0.05) is 47.1 Å². The highest BCUT2D eigenvalue weighted by Gasteiger charge is 2.54. The first-order valence-corrected chi connectivity index (χ1v) is 12.5. The minimum Gasteiger partial charge on any atom is -0.490 e. The van der Waals surface area contributed by atoms with Crippen molar-refractivity contribution in [2.45, 2.75) is 97.5 Å². The summed E-state index contributed by atoms with van der Waals surface area (Å²) in [6.07, 6.45) is 8.81. The van der Waals surface area contributed by atoms with E-state index < -0.39 is 0 Å². The second-order valence-electron chi connectivity index (χ2n) is 12.9. The van der Waals surface area contributed by atoms with E-state index in [0.717, 1.165) is 36.0 Å². The van der Waals surface area contributed by atoms with Gasteiger partial charge in [-0.05, 0) is 102 Å². The molecule has 1 heterocycles. The molecule has 4 fully saturated rings. The Morgan fingerprint density at radius 1 is 1.00 bits per heavy atom. The average molecular weight is 411 g/mol. The fourth-order valence-corrected chi connectivity index (χ4v) is 8.04. The van der Waals surface area contributed by atoms with Gasteiger partial charge in [-0.3, -0.25) is 0 Å². The highest BCUT2D eigenvalue weighted by atomic mass is 16.6. The van der Waals surface area contributed by atoms with Gasteiger partial charge in [-0.25, -0.2) is 0 Å². The fraction of sp³-hybridized carbons (Fsp3) is 0.786. The van der Waals surface area contributed by atoms with Crippen LogP contribution in [0.15, 0.2) is 12.1 Å². The van der Waals surface area contributed by atoms with Crippen molar-refractivity contribution in [1.82, 2.24) is 0 Å². The van der Waals surface area contributed by atoms with Gasteiger partial charge in [0.15, 0.2) is 0 Å². The SMILES string of the molecule is Cc1cc(OCC2CO2)c(C2CC3CC2C2CCCC32)cc1C(C)(C)CC(C)(C)C. The predicted molar refractivity (Wildman–Crippen MR) is 123 cm³/mol. The molecule has 6 unspecified atom stereocenters. The maximum absolute atomic E-state index is 6.42. The Hall–Kier alpha value is -1.02. The smallest absolute Gasteiger partial charge is 0.123 e. The molecule has 0 amide bonds. The van der Waals surface area contributed by atoms with Crippen LogP contribution in [0.2, 0.25) is 0 Å². The minimum absolute atomic E-state index is 0.169. The zero-order valence-electron chi connectivity index (χ0n) is 20.1. The molecule has 5 rings (SSSR count). The summed E-state index contributed by atoms with van der Waals surface area (Å²) < 4.78 is 11.9. The summed E-state index contributed by atoms with van der Waals surface area (Å²) in [6, 6.07) is 4.95. The van der Waals surface area contributed by atoms with E-state index in [-0.39, 0.29) is 5.41 Å². The van der Waals surface area contributed by atoms with E-state index in [9.17, 15) is 0 Å². The number of rotatable bonds is 6. The van der Waals surface area contributed by atoms with Gasteiger partial charge in [0.05, 0.1) is 6.61 Å².